The molecule has 0 bridgehead atoms. The Morgan fingerprint density at radius 2 is 2.17 bits per heavy atom. The van der Waals surface area contributed by atoms with E-state index in [0.717, 1.165) is 36.1 Å². The molecule has 1 aliphatic rings. The van der Waals surface area contributed by atoms with Gasteiger partial charge in [0.15, 0.2) is 0 Å². The van der Waals surface area contributed by atoms with Gasteiger partial charge in [-0.3, -0.25) is 0 Å². The molecule has 0 radical (unpaired) electrons. The fourth-order valence-electron chi connectivity index (χ4n) is 2.76. The van der Waals surface area contributed by atoms with Crippen LogP contribution in [0.15, 0.2) is 28.7 Å². The van der Waals surface area contributed by atoms with Gasteiger partial charge in [-0.15, -0.1) is 0 Å². The first-order valence-corrected chi connectivity index (χ1v) is 7.35. The molecule has 1 aliphatic heterocycles. The maximum atomic E-state index is 9.86. The lowest BCUT2D eigenvalue weighted by Crippen LogP contribution is -2.57. The first kappa shape index (κ1) is 13.8. The molecule has 1 aromatic rings. The number of anilines is 1. The van der Waals surface area contributed by atoms with Crippen molar-refractivity contribution in [3.63, 3.8) is 0 Å². The van der Waals surface area contributed by atoms with Crippen molar-refractivity contribution in [2.75, 3.05) is 25.0 Å². The zero-order valence-corrected chi connectivity index (χ0v) is 12.3. The average molecular weight is 313 g/mol. The number of aliphatic hydroxyl groups excluding tert-OH is 1. The molecule has 3 nitrogen and oxygen atoms in total. The molecule has 2 atom stereocenters. The second-order valence-corrected chi connectivity index (χ2v) is 5.92. The van der Waals surface area contributed by atoms with E-state index in [1.54, 1.807) is 0 Å². The third-order valence-corrected chi connectivity index (χ3v) is 4.46. The Labute approximate surface area is 117 Å². The monoisotopic (exact) mass is 312 g/mol. The van der Waals surface area contributed by atoms with Crippen molar-refractivity contribution in [2.45, 2.75) is 25.3 Å². The molecule has 18 heavy (non-hydrogen) atoms. The van der Waals surface area contributed by atoms with E-state index in [-0.39, 0.29) is 12.1 Å². The molecule has 0 aromatic heterocycles. The number of hydrogen-bond donors (Lipinski definition) is 3. The van der Waals surface area contributed by atoms with E-state index in [9.17, 15) is 5.11 Å². The Morgan fingerprint density at radius 3 is 2.78 bits per heavy atom. The predicted molar refractivity (Wildman–Crippen MR) is 78.8 cm³/mol. The van der Waals surface area contributed by atoms with Crippen molar-refractivity contribution in [2.24, 2.45) is 5.92 Å². The lowest BCUT2D eigenvalue weighted by atomic mass is 9.77. The minimum Gasteiger partial charge on any atom is -0.394 e. The first-order chi connectivity index (χ1) is 8.70. The van der Waals surface area contributed by atoms with Gasteiger partial charge in [0.2, 0.25) is 0 Å². The van der Waals surface area contributed by atoms with Crippen molar-refractivity contribution >= 4 is 21.6 Å². The smallest absolute Gasteiger partial charge is 0.0665 e. The SMILES string of the molecule is CCC1CNCCC1(CO)Nc1ccc(Br)cc1. The average Bonchev–Trinajstić information content (AvgIpc) is 2.42. The molecule has 1 fully saturated rings. The summed E-state index contributed by atoms with van der Waals surface area (Å²) >= 11 is 3.44. The van der Waals surface area contributed by atoms with Gasteiger partial charge in [-0.2, -0.15) is 0 Å². The highest BCUT2D eigenvalue weighted by Gasteiger charge is 2.39. The number of halogens is 1. The topological polar surface area (TPSA) is 44.3 Å². The maximum absolute atomic E-state index is 9.86. The highest BCUT2D eigenvalue weighted by molar-refractivity contribution is 9.10. The maximum Gasteiger partial charge on any atom is 0.0665 e. The van der Waals surface area contributed by atoms with Crippen LogP contribution in [0.1, 0.15) is 19.8 Å². The van der Waals surface area contributed by atoms with Crippen LogP contribution in [0.4, 0.5) is 5.69 Å². The van der Waals surface area contributed by atoms with Crippen molar-refractivity contribution < 1.29 is 5.11 Å². The molecule has 1 aromatic carbocycles. The van der Waals surface area contributed by atoms with Gasteiger partial charge in [-0.1, -0.05) is 22.9 Å². The Balaban J connectivity index is 2.18. The number of rotatable bonds is 4. The van der Waals surface area contributed by atoms with E-state index in [1.807, 2.05) is 12.1 Å². The molecular weight excluding hydrogens is 292 g/mol. The summed E-state index contributed by atoms with van der Waals surface area (Å²) in [5, 5.41) is 16.8. The van der Waals surface area contributed by atoms with Crippen LogP contribution in [0.5, 0.6) is 0 Å². The van der Waals surface area contributed by atoms with Gasteiger partial charge >= 0.3 is 0 Å². The second-order valence-electron chi connectivity index (χ2n) is 5.01. The minimum atomic E-state index is -0.187. The van der Waals surface area contributed by atoms with Gasteiger partial charge in [-0.05, 0) is 49.6 Å². The Morgan fingerprint density at radius 1 is 1.44 bits per heavy atom. The summed E-state index contributed by atoms with van der Waals surface area (Å²) in [4.78, 5) is 0. The third-order valence-electron chi connectivity index (χ3n) is 3.93. The summed E-state index contributed by atoms with van der Waals surface area (Å²) in [7, 11) is 0. The van der Waals surface area contributed by atoms with Crippen LogP contribution in [-0.2, 0) is 0 Å². The van der Waals surface area contributed by atoms with Gasteiger partial charge in [0.1, 0.15) is 0 Å². The Hall–Kier alpha value is -0.580. The molecule has 2 rings (SSSR count). The summed E-state index contributed by atoms with van der Waals surface area (Å²) < 4.78 is 1.07. The molecule has 4 heteroatoms. The summed E-state index contributed by atoms with van der Waals surface area (Å²) in [5.74, 6) is 0.458. The first-order valence-electron chi connectivity index (χ1n) is 6.55. The zero-order chi connectivity index (χ0) is 13.0. The second kappa shape index (κ2) is 6.04. The van der Waals surface area contributed by atoms with Crippen molar-refractivity contribution in [3.05, 3.63) is 28.7 Å². The van der Waals surface area contributed by atoms with Crippen LogP contribution >= 0.6 is 15.9 Å². The van der Waals surface area contributed by atoms with Gasteiger partial charge in [-0.25, -0.2) is 0 Å². The highest BCUT2D eigenvalue weighted by Crippen LogP contribution is 2.31. The quantitative estimate of drug-likeness (QED) is 0.801. The highest BCUT2D eigenvalue weighted by atomic mass is 79.9. The lowest BCUT2D eigenvalue weighted by molar-refractivity contribution is 0.124. The van der Waals surface area contributed by atoms with Crippen molar-refractivity contribution in [1.29, 1.82) is 0 Å². The molecular formula is C14H21BrN2O. The number of piperidine rings is 1. The van der Waals surface area contributed by atoms with E-state index in [4.69, 9.17) is 0 Å². The van der Waals surface area contributed by atoms with Gasteiger partial charge < -0.3 is 15.7 Å². The van der Waals surface area contributed by atoms with Gasteiger partial charge in [0.25, 0.3) is 0 Å². The van der Waals surface area contributed by atoms with Crippen LogP contribution in [0.3, 0.4) is 0 Å². The Kier molecular flexibility index (Phi) is 4.65. The summed E-state index contributed by atoms with van der Waals surface area (Å²) in [6.07, 6.45) is 2.02. The van der Waals surface area contributed by atoms with E-state index in [2.05, 4.69) is 45.6 Å². The molecule has 0 saturated carbocycles. The summed E-state index contributed by atoms with van der Waals surface area (Å²) in [6.45, 7) is 4.30. The van der Waals surface area contributed by atoms with E-state index in [0.29, 0.717) is 5.92 Å². The third kappa shape index (κ3) is 2.87. The van der Waals surface area contributed by atoms with E-state index >= 15 is 0 Å². The predicted octanol–water partition coefficient (Wildman–Crippen LogP) is 2.61. The normalized spacial score (nSPS) is 28.1. The molecule has 2 unspecified atom stereocenters. The fraction of sp³-hybridized carbons (Fsp3) is 0.571. The number of benzene rings is 1. The lowest BCUT2D eigenvalue weighted by Gasteiger charge is -2.44. The molecule has 1 saturated heterocycles. The van der Waals surface area contributed by atoms with Crippen LogP contribution in [0.25, 0.3) is 0 Å². The van der Waals surface area contributed by atoms with Crippen LogP contribution in [-0.4, -0.2) is 30.3 Å². The molecule has 0 amide bonds. The van der Waals surface area contributed by atoms with Gasteiger partial charge in [0.05, 0.1) is 12.1 Å². The minimum absolute atomic E-state index is 0.184. The van der Waals surface area contributed by atoms with Crippen LogP contribution in [0, 0.1) is 5.92 Å². The number of aliphatic hydroxyl groups is 1. The molecule has 0 spiro atoms. The molecule has 3 N–H and O–H groups in total. The van der Waals surface area contributed by atoms with Crippen LogP contribution < -0.4 is 10.6 Å². The van der Waals surface area contributed by atoms with E-state index < -0.39 is 0 Å². The molecule has 0 aliphatic carbocycles. The molecule has 1 heterocycles. The number of nitrogens with one attached hydrogen (secondary N) is 2. The molecule has 100 valence electrons. The number of hydrogen-bond acceptors (Lipinski definition) is 3. The Bertz CT molecular complexity index is 382. The van der Waals surface area contributed by atoms with Crippen molar-refractivity contribution in [1.82, 2.24) is 5.32 Å². The summed E-state index contributed by atoms with van der Waals surface area (Å²) in [6, 6.07) is 8.15. The fourth-order valence-corrected chi connectivity index (χ4v) is 3.02. The van der Waals surface area contributed by atoms with Crippen LogP contribution in [0.2, 0.25) is 0 Å². The zero-order valence-electron chi connectivity index (χ0n) is 10.7. The van der Waals surface area contributed by atoms with Gasteiger partial charge in [0, 0.05) is 16.7 Å². The standard InChI is InChI=1S/C14H21BrN2O/c1-2-11-9-16-8-7-14(11,10-18)17-13-5-3-12(15)4-6-13/h3-6,11,16-18H,2,7-10H2,1H3. The van der Waals surface area contributed by atoms with E-state index in [1.165, 1.54) is 0 Å². The summed E-state index contributed by atoms with van der Waals surface area (Å²) in [5.41, 5.74) is 0.890. The van der Waals surface area contributed by atoms with Crippen molar-refractivity contribution in [3.8, 4) is 0 Å². The largest absolute Gasteiger partial charge is 0.394 e.